The Kier molecular flexibility index (Phi) is 6.37. The van der Waals surface area contributed by atoms with Crippen LogP contribution in [0.2, 0.25) is 0 Å². The lowest BCUT2D eigenvalue weighted by Gasteiger charge is -2.28. The number of nitrogens with zero attached hydrogens (tertiary/aromatic N) is 2. The summed E-state index contributed by atoms with van der Waals surface area (Å²) in [6.07, 6.45) is 3.78. The Morgan fingerprint density at radius 3 is 2.59 bits per heavy atom. The number of amides is 3. The summed E-state index contributed by atoms with van der Waals surface area (Å²) in [5, 5.41) is 3.02. The third-order valence-electron chi connectivity index (χ3n) is 6.06. The van der Waals surface area contributed by atoms with Crippen LogP contribution in [-0.2, 0) is 0 Å². The average Bonchev–Trinajstić information content (AvgIpc) is 3.43. The molecule has 0 saturated carbocycles. The van der Waals surface area contributed by atoms with Gasteiger partial charge in [-0.25, -0.2) is 0 Å². The Morgan fingerprint density at radius 1 is 1.12 bits per heavy atom. The molecule has 7 nitrogen and oxygen atoms in total. The van der Waals surface area contributed by atoms with E-state index in [1.165, 1.54) is 12.1 Å². The van der Waals surface area contributed by atoms with Gasteiger partial charge in [-0.1, -0.05) is 18.2 Å². The highest BCUT2D eigenvalue weighted by Gasteiger charge is 2.35. The highest BCUT2D eigenvalue weighted by Crippen LogP contribution is 2.28. The first-order chi connectivity index (χ1) is 15.5. The zero-order valence-corrected chi connectivity index (χ0v) is 18.2. The van der Waals surface area contributed by atoms with Crippen LogP contribution in [-0.4, -0.2) is 60.8 Å². The van der Waals surface area contributed by atoms with Gasteiger partial charge >= 0.3 is 0 Å². The number of hydrogen-bond donors (Lipinski definition) is 1. The molecule has 7 heteroatoms. The van der Waals surface area contributed by atoms with Gasteiger partial charge in [0.15, 0.2) is 0 Å². The van der Waals surface area contributed by atoms with E-state index in [2.05, 4.69) is 16.8 Å². The number of carbonyl (C=O) groups excluding carboxylic acids is 3. The summed E-state index contributed by atoms with van der Waals surface area (Å²) in [6, 6.07) is 12.6. The smallest absolute Gasteiger partial charge is 0.261 e. The second-order valence-electron chi connectivity index (χ2n) is 8.02. The number of imide groups is 1. The Balaban J connectivity index is 1.51. The monoisotopic (exact) mass is 433 g/mol. The quantitative estimate of drug-likeness (QED) is 0.511. The molecule has 2 aliphatic heterocycles. The molecule has 2 heterocycles. The molecule has 1 fully saturated rings. The van der Waals surface area contributed by atoms with E-state index in [-0.39, 0.29) is 30.0 Å². The average molecular weight is 434 g/mol. The fourth-order valence-corrected chi connectivity index (χ4v) is 4.38. The second-order valence-corrected chi connectivity index (χ2v) is 8.02. The van der Waals surface area contributed by atoms with Crippen molar-refractivity contribution in [2.75, 3.05) is 33.3 Å². The molecular weight excluding hydrogens is 406 g/mol. The van der Waals surface area contributed by atoms with Gasteiger partial charge in [-0.05, 0) is 61.8 Å². The first kappa shape index (κ1) is 21.8. The van der Waals surface area contributed by atoms with Crippen molar-refractivity contribution >= 4 is 17.7 Å². The Labute approximate surface area is 187 Å². The number of likely N-dealkylation sites (tertiary alicyclic amines) is 1. The summed E-state index contributed by atoms with van der Waals surface area (Å²) in [6.45, 7) is 6.12. The van der Waals surface area contributed by atoms with Crippen LogP contribution in [0, 0.1) is 0 Å². The van der Waals surface area contributed by atoms with Gasteiger partial charge in [-0.15, -0.1) is 6.58 Å². The third kappa shape index (κ3) is 4.16. The predicted molar refractivity (Wildman–Crippen MR) is 121 cm³/mol. The molecule has 32 heavy (non-hydrogen) atoms. The molecular formula is C25H27N3O4. The highest BCUT2D eigenvalue weighted by atomic mass is 16.5. The van der Waals surface area contributed by atoms with Crippen molar-refractivity contribution in [1.82, 2.24) is 15.1 Å². The summed E-state index contributed by atoms with van der Waals surface area (Å²) in [7, 11) is 1.64. The summed E-state index contributed by atoms with van der Waals surface area (Å²) >= 11 is 0. The molecule has 0 unspecified atom stereocenters. The molecule has 3 amide bonds. The molecule has 166 valence electrons. The van der Waals surface area contributed by atoms with Crippen molar-refractivity contribution in [3.8, 4) is 5.75 Å². The first-order valence-corrected chi connectivity index (χ1v) is 10.8. The molecule has 1 atom stereocenters. The molecule has 0 bridgehead atoms. The highest BCUT2D eigenvalue weighted by molar-refractivity contribution is 6.22. The summed E-state index contributed by atoms with van der Waals surface area (Å²) in [5.41, 5.74) is 2.02. The largest absolute Gasteiger partial charge is 0.497 e. The molecule has 0 aliphatic carbocycles. The fraction of sp³-hybridized carbons (Fsp3) is 0.320. The van der Waals surface area contributed by atoms with Crippen LogP contribution in [0.3, 0.4) is 0 Å². The minimum absolute atomic E-state index is 0.0252. The van der Waals surface area contributed by atoms with E-state index >= 15 is 0 Å². The standard InChI is InChI=1S/C25H27N3O4/c1-3-11-28-24(30)20-10-9-18(15-21(20)25(28)31)23(29)26-16-22(27-12-4-5-13-27)17-7-6-8-19(14-17)32-2/h3,6-10,14-15,22H,1,4-5,11-13,16H2,2H3,(H,26,29)/t22-/m0/s1. The van der Waals surface area contributed by atoms with Crippen LogP contribution in [0.15, 0.2) is 55.1 Å². The van der Waals surface area contributed by atoms with Crippen molar-refractivity contribution in [1.29, 1.82) is 0 Å². The fourth-order valence-electron chi connectivity index (χ4n) is 4.38. The maximum atomic E-state index is 12.9. The van der Waals surface area contributed by atoms with Crippen LogP contribution in [0.1, 0.15) is 55.5 Å². The third-order valence-corrected chi connectivity index (χ3v) is 6.06. The van der Waals surface area contributed by atoms with Crippen molar-refractivity contribution in [2.45, 2.75) is 18.9 Å². The maximum Gasteiger partial charge on any atom is 0.261 e. The van der Waals surface area contributed by atoms with Gasteiger partial charge in [0, 0.05) is 18.7 Å². The molecule has 2 aromatic carbocycles. The van der Waals surface area contributed by atoms with Crippen LogP contribution >= 0.6 is 0 Å². The SMILES string of the molecule is C=CCN1C(=O)c2ccc(C(=O)NC[C@@H](c3cccc(OC)c3)N3CCCC3)cc2C1=O. The Bertz CT molecular complexity index is 1060. The zero-order chi connectivity index (χ0) is 22.7. The molecule has 0 aromatic heterocycles. The number of hydrogen-bond acceptors (Lipinski definition) is 5. The number of methoxy groups -OCH3 is 1. The van der Waals surface area contributed by atoms with Crippen molar-refractivity contribution < 1.29 is 19.1 Å². The van der Waals surface area contributed by atoms with Crippen molar-refractivity contribution in [3.05, 3.63) is 77.4 Å². The van der Waals surface area contributed by atoms with Gasteiger partial charge in [0.25, 0.3) is 17.7 Å². The number of fused-ring (bicyclic) bond motifs is 1. The van der Waals surface area contributed by atoms with Crippen LogP contribution in [0.4, 0.5) is 0 Å². The normalized spacial score (nSPS) is 16.7. The van der Waals surface area contributed by atoms with E-state index in [0.29, 0.717) is 17.7 Å². The number of nitrogens with one attached hydrogen (secondary N) is 1. The minimum atomic E-state index is -0.397. The Hall–Kier alpha value is -3.45. The first-order valence-electron chi connectivity index (χ1n) is 10.8. The molecule has 2 aromatic rings. The lowest BCUT2D eigenvalue weighted by molar-refractivity contribution is 0.0672. The van der Waals surface area contributed by atoms with Gasteiger partial charge in [-0.2, -0.15) is 0 Å². The number of carbonyl (C=O) groups is 3. The van der Waals surface area contributed by atoms with Crippen molar-refractivity contribution in [3.63, 3.8) is 0 Å². The van der Waals surface area contributed by atoms with E-state index in [0.717, 1.165) is 42.1 Å². The van der Waals surface area contributed by atoms with E-state index < -0.39 is 5.91 Å². The molecule has 4 rings (SSSR count). The van der Waals surface area contributed by atoms with Gasteiger partial charge in [0.1, 0.15) is 5.75 Å². The topological polar surface area (TPSA) is 79.0 Å². The molecule has 1 N–H and O–H groups in total. The second kappa shape index (κ2) is 9.36. The van der Waals surface area contributed by atoms with Gasteiger partial charge < -0.3 is 10.1 Å². The Morgan fingerprint density at radius 2 is 1.88 bits per heavy atom. The van der Waals surface area contributed by atoms with Crippen LogP contribution < -0.4 is 10.1 Å². The summed E-state index contributed by atoms with van der Waals surface area (Å²) in [4.78, 5) is 41.4. The summed E-state index contributed by atoms with van der Waals surface area (Å²) < 4.78 is 5.37. The van der Waals surface area contributed by atoms with Gasteiger partial charge in [0.2, 0.25) is 0 Å². The van der Waals surface area contributed by atoms with E-state index in [1.54, 1.807) is 19.2 Å². The van der Waals surface area contributed by atoms with E-state index in [1.807, 2.05) is 24.3 Å². The van der Waals surface area contributed by atoms with Gasteiger partial charge in [0.05, 0.1) is 24.3 Å². The molecule has 2 aliphatic rings. The zero-order valence-electron chi connectivity index (χ0n) is 18.2. The molecule has 0 radical (unpaired) electrons. The number of benzene rings is 2. The van der Waals surface area contributed by atoms with Crippen LogP contribution in [0.25, 0.3) is 0 Å². The van der Waals surface area contributed by atoms with Crippen molar-refractivity contribution in [2.24, 2.45) is 0 Å². The lowest BCUT2D eigenvalue weighted by Crippen LogP contribution is -2.36. The maximum absolute atomic E-state index is 12.9. The lowest BCUT2D eigenvalue weighted by atomic mass is 10.0. The summed E-state index contributed by atoms with van der Waals surface area (Å²) in [5.74, 6) is -0.249. The number of ether oxygens (including phenoxy) is 1. The molecule has 0 spiro atoms. The predicted octanol–water partition coefficient (Wildman–Crippen LogP) is 3.04. The van der Waals surface area contributed by atoms with Gasteiger partial charge in [-0.3, -0.25) is 24.2 Å². The van der Waals surface area contributed by atoms with Crippen LogP contribution in [0.5, 0.6) is 5.75 Å². The molecule has 1 saturated heterocycles. The van der Waals surface area contributed by atoms with E-state index in [4.69, 9.17) is 4.74 Å². The number of rotatable bonds is 8. The van der Waals surface area contributed by atoms with E-state index in [9.17, 15) is 14.4 Å². The minimum Gasteiger partial charge on any atom is -0.497 e.